The van der Waals surface area contributed by atoms with Crippen molar-refractivity contribution in [2.75, 3.05) is 0 Å². The molecular formula is C13H15Cl3. The van der Waals surface area contributed by atoms with Gasteiger partial charge in [-0.2, -0.15) is 0 Å². The standard InChI is InChI=1S/C13H15Cl3/c1-8-9(5-6-11(8)14)7-10-3-2-4-12(15)13(10)16/h2-4,8-9,11H,5-7H2,1H3. The molecule has 1 fully saturated rings. The second kappa shape index (κ2) is 5.16. The summed E-state index contributed by atoms with van der Waals surface area (Å²) in [5.74, 6) is 1.20. The molecule has 0 heterocycles. The van der Waals surface area contributed by atoms with Gasteiger partial charge in [-0.25, -0.2) is 0 Å². The van der Waals surface area contributed by atoms with Crippen LogP contribution in [0.5, 0.6) is 0 Å². The van der Waals surface area contributed by atoms with Gasteiger partial charge >= 0.3 is 0 Å². The minimum Gasteiger partial charge on any atom is -0.123 e. The Kier molecular flexibility index (Phi) is 4.05. The van der Waals surface area contributed by atoms with Gasteiger partial charge in [-0.3, -0.25) is 0 Å². The molecule has 1 saturated carbocycles. The van der Waals surface area contributed by atoms with Crippen molar-refractivity contribution in [3.63, 3.8) is 0 Å². The molecule has 3 heteroatoms. The van der Waals surface area contributed by atoms with E-state index in [1.165, 1.54) is 6.42 Å². The molecule has 1 aliphatic carbocycles. The summed E-state index contributed by atoms with van der Waals surface area (Å²) in [4.78, 5) is 0. The van der Waals surface area contributed by atoms with E-state index in [-0.39, 0.29) is 0 Å². The Balaban J connectivity index is 2.12. The lowest BCUT2D eigenvalue weighted by molar-refractivity contribution is 0.420. The van der Waals surface area contributed by atoms with E-state index in [2.05, 4.69) is 13.0 Å². The molecule has 0 N–H and O–H groups in total. The van der Waals surface area contributed by atoms with E-state index in [9.17, 15) is 0 Å². The average molecular weight is 278 g/mol. The molecule has 1 aromatic carbocycles. The lowest BCUT2D eigenvalue weighted by Gasteiger charge is -2.18. The molecule has 3 atom stereocenters. The van der Waals surface area contributed by atoms with Crippen LogP contribution in [0.2, 0.25) is 10.0 Å². The molecule has 88 valence electrons. The van der Waals surface area contributed by atoms with Gasteiger partial charge in [0.1, 0.15) is 0 Å². The quantitative estimate of drug-likeness (QED) is 0.653. The SMILES string of the molecule is CC1C(Cl)CCC1Cc1cccc(Cl)c1Cl. The lowest BCUT2D eigenvalue weighted by Crippen LogP contribution is -2.13. The first-order chi connectivity index (χ1) is 7.59. The highest BCUT2D eigenvalue weighted by Gasteiger charge is 2.31. The zero-order valence-corrected chi connectivity index (χ0v) is 11.5. The second-order valence-electron chi connectivity index (χ2n) is 4.63. The fourth-order valence-corrected chi connectivity index (χ4v) is 3.20. The van der Waals surface area contributed by atoms with Gasteiger partial charge in [-0.1, -0.05) is 42.3 Å². The van der Waals surface area contributed by atoms with Crippen molar-refractivity contribution in [2.24, 2.45) is 11.8 Å². The molecule has 0 spiro atoms. The van der Waals surface area contributed by atoms with E-state index >= 15 is 0 Å². The first-order valence-electron chi connectivity index (χ1n) is 5.66. The van der Waals surface area contributed by atoms with Crippen LogP contribution in [-0.2, 0) is 6.42 Å². The van der Waals surface area contributed by atoms with Crippen LogP contribution in [0.1, 0.15) is 25.3 Å². The van der Waals surface area contributed by atoms with Gasteiger partial charge in [0.25, 0.3) is 0 Å². The molecule has 3 unspecified atom stereocenters. The minimum absolute atomic E-state index is 0.322. The van der Waals surface area contributed by atoms with Gasteiger partial charge in [0.2, 0.25) is 0 Å². The van der Waals surface area contributed by atoms with Crippen molar-refractivity contribution in [3.05, 3.63) is 33.8 Å². The van der Waals surface area contributed by atoms with Gasteiger partial charge in [0.05, 0.1) is 10.0 Å². The maximum absolute atomic E-state index is 6.24. The minimum atomic E-state index is 0.322. The first-order valence-corrected chi connectivity index (χ1v) is 6.85. The van der Waals surface area contributed by atoms with Gasteiger partial charge in [0.15, 0.2) is 0 Å². The summed E-state index contributed by atoms with van der Waals surface area (Å²) in [7, 11) is 0. The first kappa shape index (κ1) is 12.5. The largest absolute Gasteiger partial charge is 0.123 e. The highest BCUT2D eigenvalue weighted by molar-refractivity contribution is 6.42. The Labute approximate surface area is 112 Å². The Hall–Kier alpha value is 0.0900. The fourth-order valence-electron chi connectivity index (χ4n) is 2.47. The molecule has 0 nitrogen and oxygen atoms in total. The van der Waals surface area contributed by atoms with Crippen LogP contribution in [0.15, 0.2) is 18.2 Å². The molecule has 0 radical (unpaired) electrons. The fraction of sp³-hybridized carbons (Fsp3) is 0.538. The maximum atomic E-state index is 6.24. The molecule has 1 aromatic rings. The highest BCUT2D eigenvalue weighted by atomic mass is 35.5. The topological polar surface area (TPSA) is 0 Å². The van der Waals surface area contributed by atoms with Crippen LogP contribution < -0.4 is 0 Å². The Morgan fingerprint density at radius 3 is 2.62 bits per heavy atom. The van der Waals surface area contributed by atoms with Gasteiger partial charge in [0, 0.05) is 5.38 Å². The Morgan fingerprint density at radius 1 is 1.25 bits per heavy atom. The number of halogens is 3. The summed E-state index contributed by atoms with van der Waals surface area (Å²) in [5.41, 5.74) is 1.15. The number of benzene rings is 1. The number of hydrogen-bond acceptors (Lipinski definition) is 0. The number of hydrogen-bond donors (Lipinski definition) is 0. The van der Waals surface area contributed by atoms with Gasteiger partial charge in [-0.05, 0) is 42.7 Å². The smallest absolute Gasteiger partial charge is 0.0624 e. The average Bonchev–Trinajstić information content (AvgIpc) is 2.57. The van der Waals surface area contributed by atoms with E-state index in [1.807, 2.05) is 12.1 Å². The summed E-state index contributed by atoms with van der Waals surface area (Å²) >= 11 is 18.4. The van der Waals surface area contributed by atoms with E-state index in [0.717, 1.165) is 18.4 Å². The molecule has 0 aliphatic heterocycles. The number of rotatable bonds is 2. The van der Waals surface area contributed by atoms with Crippen LogP contribution in [0.3, 0.4) is 0 Å². The third-order valence-corrected chi connectivity index (χ3v) is 5.11. The summed E-state index contributed by atoms with van der Waals surface area (Å²) < 4.78 is 0. The molecule has 0 aromatic heterocycles. The van der Waals surface area contributed by atoms with E-state index in [0.29, 0.717) is 27.3 Å². The van der Waals surface area contributed by atoms with Crippen molar-refractivity contribution in [1.82, 2.24) is 0 Å². The predicted molar refractivity (Wildman–Crippen MR) is 71.7 cm³/mol. The molecule has 0 bridgehead atoms. The summed E-state index contributed by atoms with van der Waals surface area (Å²) in [6.45, 7) is 2.23. The van der Waals surface area contributed by atoms with Crippen molar-refractivity contribution in [2.45, 2.75) is 31.6 Å². The molecule has 2 rings (SSSR count). The third kappa shape index (κ3) is 2.50. The maximum Gasteiger partial charge on any atom is 0.0624 e. The van der Waals surface area contributed by atoms with E-state index in [4.69, 9.17) is 34.8 Å². The predicted octanol–water partition coefficient (Wildman–Crippen LogP) is 5.19. The summed E-state index contributed by atoms with van der Waals surface area (Å²) in [5, 5.41) is 1.67. The van der Waals surface area contributed by atoms with Gasteiger partial charge in [-0.15, -0.1) is 11.6 Å². The van der Waals surface area contributed by atoms with Crippen molar-refractivity contribution in [3.8, 4) is 0 Å². The summed E-state index contributed by atoms with van der Waals surface area (Å²) in [6.07, 6.45) is 3.30. The van der Waals surface area contributed by atoms with Crippen LogP contribution >= 0.6 is 34.8 Å². The normalized spacial score (nSPS) is 29.6. The molecule has 16 heavy (non-hydrogen) atoms. The molecular weight excluding hydrogens is 263 g/mol. The molecule has 0 saturated heterocycles. The summed E-state index contributed by atoms with van der Waals surface area (Å²) in [6, 6.07) is 5.85. The Morgan fingerprint density at radius 2 is 2.00 bits per heavy atom. The lowest BCUT2D eigenvalue weighted by atomic mass is 9.91. The van der Waals surface area contributed by atoms with E-state index < -0.39 is 0 Å². The van der Waals surface area contributed by atoms with E-state index in [1.54, 1.807) is 0 Å². The van der Waals surface area contributed by atoms with Gasteiger partial charge < -0.3 is 0 Å². The van der Waals surface area contributed by atoms with Crippen LogP contribution in [0, 0.1) is 11.8 Å². The zero-order chi connectivity index (χ0) is 11.7. The van der Waals surface area contributed by atoms with Crippen molar-refractivity contribution < 1.29 is 0 Å². The van der Waals surface area contributed by atoms with Crippen LogP contribution in [-0.4, -0.2) is 5.38 Å². The Bertz CT molecular complexity index is 375. The highest BCUT2D eigenvalue weighted by Crippen LogP contribution is 2.39. The van der Waals surface area contributed by atoms with Crippen molar-refractivity contribution >= 4 is 34.8 Å². The third-order valence-electron chi connectivity index (χ3n) is 3.64. The van der Waals surface area contributed by atoms with Crippen LogP contribution in [0.4, 0.5) is 0 Å². The van der Waals surface area contributed by atoms with Crippen molar-refractivity contribution in [1.29, 1.82) is 0 Å². The van der Waals surface area contributed by atoms with Crippen LogP contribution in [0.25, 0.3) is 0 Å². The molecule has 1 aliphatic rings. The zero-order valence-electron chi connectivity index (χ0n) is 9.22. The number of alkyl halides is 1. The molecule has 0 amide bonds. The monoisotopic (exact) mass is 276 g/mol. The second-order valence-corrected chi connectivity index (χ2v) is 5.98.